The minimum Gasteiger partial charge on any atom is -0.384 e. The quantitative estimate of drug-likeness (QED) is 0.729. The largest absolute Gasteiger partial charge is 0.384 e. The number of ether oxygens (including phenoxy) is 1. The van der Waals surface area contributed by atoms with Crippen LogP contribution in [0.1, 0.15) is 35.9 Å². The van der Waals surface area contributed by atoms with Gasteiger partial charge in [0.25, 0.3) is 5.91 Å². The van der Waals surface area contributed by atoms with Crippen molar-refractivity contribution in [2.45, 2.75) is 32.2 Å². The zero-order chi connectivity index (χ0) is 19.5. The van der Waals surface area contributed by atoms with E-state index < -0.39 is 0 Å². The van der Waals surface area contributed by atoms with Gasteiger partial charge >= 0.3 is 0 Å². The fourth-order valence-corrected chi connectivity index (χ4v) is 3.62. The van der Waals surface area contributed by atoms with E-state index in [2.05, 4.69) is 10.3 Å². The first kappa shape index (κ1) is 18.4. The molecule has 1 amide bonds. The Balaban J connectivity index is 1.82. The van der Waals surface area contributed by atoms with Crippen LogP contribution in [0.3, 0.4) is 0 Å². The summed E-state index contributed by atoms with van der Waals surface area (Å²) in [6.45, 7) is 3.37. The number of hydrogen-bond acceptors (Lipinski definition) is 5. The zero-order valence-electron chi connectivity index (χ0n) is 15.9. The molecule has 0 bridgehead atoms. The average Bonchev–Trinajstić information content (AvgIpc) is 2.73. The van der Waals surface area contributed by atoms with Crippen LogP contribution in [0.5, 0.6) is 0 Å². The molecule has 3 N–H and O–H groups in total. The Morgan fingerprint density at radius 1 is 1.14 bits per heavy atom. The minimum absolute atomic E-state index is 0.109. The maximum atomic E-state index is 13.2. The monoisotopic (exact) mass is 376 g/mol. The third-order valence-electron chi connectivity index (χ3n) is 5.12. The summed E-state index contributed by atoms with van der Waals surface area (Å²) in [5, 5.41) is 4.12. The number of anilines is 1. The lowest BCUT2D eigenvalue weighted by Crippen LogP contribution is -2.39. The number of nitrogens with two attached hydrogens (primary N) is 1. The van der Waals surface area contributed by atoms with Gasteiger partial charge in [-0.1, -0.05) is 25.1 Å². The Morgan fingerprint density at radius 2 is 1.93 bits per heavy atom. The number of aromatic nitrogens is 2. The summed E-state index contributed by atoms with van der Waals surface area (Å²) in [6, 6.07) is 13.6. The number of nitrogen functional groups attached to an aromatic ring is 1. The summed E-state index contributed by atoms with van der Waals surface area (Å²) < 4.78 is 5.39. The molecule has 2 aromatic heterocycles. The molecule has 3 aromatic rings. The third-order valence-corrected chi connectivity index (χ3v) is 5.12. The Bertz CT molecular complexity index is 1010. The number of fused-ring (bicyclic) bond motifs is 1. The van der Waals surface area contributed by atoms with Crippen molar-refractivity contribution in [3.05, 3.63) is 53.9 Å². The summed E-state index contributed by atoms with van der Waals surface area (Å²) in [5.41, 5.74) is 9.63. The highest BCUT2D eigenvalue weighted by Crippen LogP contribution is 2.30. The van der Waals surface area contributed by atoms with E-state index in [-0.39, 0.29) is 11.9 Å². The van der Waals surface area contributed by atoms with Gasteiger partial charge in [0.2, 0.25) is 0 Å². The topological polar surface area (TPSA) is 90.1 Å². The molecule has 0 saturated carbocycles. The molecule has 0 radical (unpaired) electrons. The Morgan fingerprint density at radius 3 is 2.71 bits per heavy atom. The molecule has 1 aliphatic rings. The van der Waals surface area contributed by atoms with Crippen molar-refractivity contribution in [3.8, 4) is 11.1 Å². The molecular formula is C22H24N4O2. The predicted molar refractivity (Wildman–Crippen MR) is 110 cm³/mol. The molecule has 1 saturated heterocycles. The summed E-state index contributed by atoms with van der Waals surface area (Å²) in [4.78, 5) is 22.3. The number of para-hydroxylation sites is 1. The highest BCUT2D eigenvalue weighted by Gasteiger charge is 2.22. The van der Waals surface area contributed by atoms with E-state index >= 15 is 0 Å². The number of rotatable bonds is 4. The van der Waals surface area contributed by atoms with Gasteiger partial charge in [0.05, 0.1) is 11.2 Å². The Hall–Kier alpha value is -2.99. The molecule has 28 heavy (non-hydrogen) atoms. The van der Waals surface area contributed by atoms with E-state index in [0.29, 0.717) is 31.1 Å². The van der Waals surface area contributed by atoms with Crippen molar-refractivity contribution in [2.75, 3.05) is 18.9 Å². The van der Waals surface area contributed by atoms with Gasteiger partial charge in [-0.05, 0) is 43.5 Å². The van der Waals surface area contributed by atoms with E-state index in [1.54, 1.807) is 6.07 Å². The highest BCUT2D eigenvalue weighted by molar-refractivity contribution is 6.02. The summed E-state index contributed by atoms with van der Waals surface area (Å²) in [6.07, 6.45) is 2.35. The van der Waals surface area contributed by atoms with Gasteiger partial charge in [-0.15, -0.1) is 0 Å². The lowest BCUT2D eigenvalue weighted by atomic mass is 9.98. The van der Waals surface area contributed by atoms with Crippen molar-refractivity contribution in [2.24, 2.45) is 0 Å². The SMILES string of the molecule is CCc1nc(N)ccc1-c1cc2ccccc2nc1C(=O)NC1CCOCC1. The molecule has 1 fully saturated rings. The predicted octanol–water partition coefficient (Wildman–Crippen LogP) is 3.35. The molecule has 4 rings (SSSR count). The number of nitrogens with zero attached hydrogens (tertiary/aromatic N) is 2. The molecule has 1 aromatic carbocycles. The molecular weight excluding hydrogens is 352 g/mol. The van der Waals surface area contributed by atoms with E-state index in [0.717, 1.165) is 40.6 Å². The number of carbonyl (C=O) groups excluding carboxylic acids is 1. The minimum atomic E-state index is -0.161. The first-order valence-corrected chi connectivity index (χ1v) is 9.70. The van der Waals surface area contributed by atoms with Gasteiger partial charge in [0.1, 0.15) is 11.5 Å². The van der Waals surface area contributed by atoms with E-state index in [1.807, 2.05) is 43.3 Å². The van der Waals surface area contributed by atoms with Crippen LogP contribution >= 0.6 is 0 Å². The van der Waals surface area contributed by atoms with Crippen molar-refractivity contribution in [3.63, 3.8) is 0 Å². The fourth-order valence-electron chi connectivity index (χ4n) is 3.62. The molecule has 0 unspecified atom stereocenters. The van der Waals surface area contributed by atoms with Gasteiger partial charge in [0, 0.05) is 35.8 Å². The van der Waals surface area contributed by atoms with Gasteiger partial charge in [-0.2, -0.15) is 0 Å². The zero-order valence-corrected chi connectivity index (χ0v) is 15.9. The number of hydrogen-bond donors (Lipinski definition) is 2. The van der Waals surface area contributed by atoms with E-state index in [1.165, 1.54) is 0 Å². The molecule has 3 heterocycles. The highest BCUT2D eigenvalue weighted by atomic mass is 16.5. The Kier molecular flexibility index (Phi) is 5.21. The van der Waals surface area contributed by atoms with Crippen LogP contribution in [0.4, 0.5) is 5.82 Å². The Labute approximate surface area is 164 Å². The summed E-state index contributed by atoms with van der Waals surface area (Å²) >= 11 is 0. The lowest BCUT2D eigenvalue weighted by Gasteiger charge is -2.23. The number of benzene rings is 1. The maximum absolute atomic E-state index is 13.2. The maximum Gasteiger partial charge on any atom is 0.270 e. The number of amides is 1. The molecule has 0 aliphatic carbocycles. The molecule has 0 spiro atoms. The third kappa shape index (κ3) is 3.68. The second kappa shape index (κ2) is 7.94. The lowest BCUT2D eigenvalue weighted by molar-refractivity contribution is 0.0694. The number of aryl methyl sites for hydroxylation is 1. The van der Waals surface area contributed by atoms with Gasteiger partial charge in [0.15, 0.2) is 0 Å². The number of pyridine rings is 2. The van der Waals surface area contributed by atoms with Crippen LogP contribution in [0, 0.1) is 0 Å². The van der Waals surface area contributed by atoms with E-state index in [4.69, 9.17) is 15.5 Å². The summed E-state index contributed by atoms with van der Waals surface area (Å²) in [5.74, 6) is 0.314. The van der Waals surface area contributed by atoms with Gasteiger partial charge < -0.3 is 15.8 Å². The standard InChI is InChI=1S/C22H24N4O2/c1-2-18-16(7-8-20(23)25-18)17-13-14-5-3-4-6-19(14)26-21(17)22(27)24-15-9-11-28-12-10-15/h3-8,13,15H,2,9-12H2,1H3,(H2,23,25)(H,24,27). The van der Waals surface area contributed by atoms with Crippen LogP contribution < -0.4 is 11.1 Å². The van der Waals surface area contributed by atoms with Crippen molar-refractivity contribution in [1.82, 2.24) is 15.3 Å². The van der Waals surface area contributed by atoms with Crippen molar-refractivity contribution < 1.29 is 9.53 Å². The first-order chi connectivity index (χ1) is 13.7. The number of nitrogens with one attached hydrogen (secondary N) is 1. The van der Waals surface area contributed by atoms with Crippen LogP contribution in [-0.4, -0.2) is 35.1 Å². The molecule has 144 valence electrons. The molecule has 0 atom stereocenters. The summed E-state index contributed by atoms with van der Waals surface area (Å²) in [7, 11) is 0. The fraction of sp³-hybridized carbons (Fsp3) is 0.318. The molecule has 6 heteroatoms. The average molecular weight is 376 g/mol. The van der Waals surface area contributed by atoms with E-state index in [9.17, 15) is 4.79 Å². The molecule has 1 aliphatic heterocycles. The molecule has 6 nitrogen and oxygen atoms in total. The van der Waals surface area contributed by atoms with Crippen LogP contribution in [0.2, 0.25) is 0 Å². The van der Waals surface area contributed by atoms with Crippen molar-refractivity contribution >= 4 is 22.6 Å². The van der Waals surface area contributed by atoms with Crippen LogP contribution in [0.15, 0.2) is 42.5 Å². The normalized spacial score (nSPS) is 14.9. The van der Waals surface area contributed by atoms with Crippen LogP contribution in [-0.2, 0) is 11.2 Å². The first-order valence-electron chi connectivity index (χ1n) is 9.70. The van der Waals surface area contributed by atoms with Crippen LogP contribution in [0.25, 0.3) is 22.0 Å². The second-order valence-corrected chi connectivity index (χ2v) is 7.02. The second-order valence-electron chi connectivity index (χ2n) is 7.02. The van der Waals surface area contributed by atoms with Crippen molar-refractivity contribution in [1.29, 1.82) is 0 Å². The number of carbonyl (C=O) groups is 1. The van der Waals surface area contributed by atoms with Gasteiger partial charge in [-0.3, -0.25) is 4.79 Å². The van der Waals surface area contributed by atoms with Gasteiger partial charge in [-0.25, -0.2) is 9.97 Å². The smallest absolute Gasteiger partial charge is 0.270 e.